The molecule has 1 aliphatic heterocycles. The van der Waals surface area contributed by atoms with Crippen molar-refractivity contribution >= 4 is 0 Å². The van der Waals surface area contributed by atoms with Gasteiger partial charge in [0, 0.05) is 45.3 Å². The van der Waals surface area contributed by atoms with Crippen molar-refractivity contribution in [2.75, 3.05) is 45.9 Å². The third-order valence-corrected chi connectivity index (χ3v) is 4.24. The minimum Gasteiger partial charge on any atom is -0.492 e. The molecule has 0 aromatic heterocycles. The highest BCUT2D eigenvalue weighted by Gasteiger charge is 2.22. The van der Waals surface area contributed by atoms with Crippen LogP contribution in [0.3, 0.4) is 0 Å². The summed E-state index contributed by atoms with van der Waals surface area (Å²) in [6, 6.07) is 10.6. The van der Waals surface area contributed by atoms with E-state index in [1.807, 2.05) is 30.3 Å². The van der Waals surface area contributed by atoms with Crippen LogP contribution < -0.4 is 10.5 Å². The lowest BCUT2D eigenvalue weighted by atomic mass is 10.1. The van der Waals surface area contributed by atoms with E-state index in [9.17, 15) is 0 Å². The second-order valence-corrected chi connectivity index (χ2v) is 5.72. The maximum Gasteiger partial charge on any atom is 0.119 e. The van der Waals surface area contributed by atoms with Crippen LogP contribution in [-0.2, 0) is 0 Å². The molecule has 0 saturated carbocycles. The van der Waals surface area contributed by atoms with Crippen molar-refractivity contribution in [3.63, 3.8) is 0 Å². The fourth-order valence-corrected chi connectivity index (χ4v) is 2.94. The van der Waals surface area contributed by atoms with E-state index in [0.29, 0.717) is 6.04 Å². The first-order chi connectivity index (χ1) is 10.3. The van der Waals surface area contributed by atoms with Crippen LogP contribution in [0.1, 0.15) is 19.8 Å². The van der Waals surface area contributed by atoms with E-state index >= 15 is 0 Å². The lowest BCUT2D eigenvalue weighted by molar-refractivity contribution is 0.0853. The molecule has 0 bridgehead atoms. The molecular formula is C17H29N3O. The third kappa shape index (κ3) is 5.30. The Bertz CT molecular complexity index is 377. The highest BCUT2D eigenvalue weighted by atomic mass is 16.5. The molecule has 2 rings (SSSR count). The standard InChI is InChI=1S/C17H29N3O/c1-2-6-16(15-18)20-11-9-19(10-12-20)13-14-21-17-7-4-3-5-8-17/h3-5,7-8,16H,2,6,9-15,18H2,1H3. The number of piperazine rings is 1. The highest BCUT2D eigenvalue weighted by Crippen LogP contribution is 2.11. The lowest BCUT2D eigenvalue weighted by Crippen LogP contribution is -2.52. The van der Waals surface area contributed by atoms with E-state index in [-0.39, 0.29) is 0 Å². The normalized spacial score (nSPS) is 18.6. The molecule has 1 aromatic rings. The van der Waals surface area contributed by atoms with Gasteiger partial charge < -0.3 is 10.5 Å². The van der Waals surface area contributed by atoms with Gasteiger partial charge in [0.2, 0.25) is 0 Å². The van der Waals surface area contributed by atoms with Gasteiger partial charge in [-0.25, -0.2) is 0 Å². The van der Waals surface area contributed by atoms with Crippen LogP contribution in [0.15, 0.2) is 30.3 Å². The van der Waals surface area contributed by atoms with Crippen molar-refractivity contribution in [2.45, 2.75) is 25.8 Å². The molecule has 1 unspecified atom stereocenters. The zero-order valence-corrected chi connectivity index (χ0v) is 13.2. The smallest absolute Gasteiger partial charge is 0.119 e. The number of hydrogen-bond donors (Lipinski definition) is 1. The Morgan fingerprint density at radius 2 is 1.86 bits per heavy atom. The molecule has 4 nitrogen and oxygen atoms in total. The average Bonchev–Trinajstić information content (AvgIpc) is 2.54. The number of ether oxygens (including phenoxy) is 1. The summed E-state index contributed by atoms with van der Waals surface area (Å²) >= 11 is 0. The van der Waals surface area contributed by atoms with Crippen molar-refractivity contribution in [1.82, 2.24) is 9.80 Å². The van der Waals surface area contributed by atoms with Crippen molar-refractivity contribution in [1.29, 1.82) is 0 Å². The number of nitrogens with zero attached hydrogens (tertiary/aromatic N) is 2. The van der Waals surface area contributed by atoms with Crippen molar-refractivity contribution < 1.29 is 4.74 Å². The first kappa shape index (κ1) is 16.3. The van der Waals surface area contributed by atoms with Gasteiger partial charge in [0.15, 0.2) is 0 Å². The van der Waals surface area contributed by atoms with Crippen LogP contribution in [0.2, 0.25) is 0 Å². The van der Waals surface area contributed by atoms with Crippen LogP contribution >= 0.6 is 0 Å². The monoisotopic (exact) mass is 291 g/mol. The molecule has 4 heteroatoms. The summed E-state index contributed by atoms with van der Waals surface area (Å²) in [5.74, 6) is 0.960. The Hall–Kier alpha value is -1.10. The van der Waals surface area contributed by atoms with Gasteiger partial charge in [0.25, 0.3) is 0 Å². The number of hydrogen-bond acceptors (Lipinski definition) is 4. The SMILES string of the molecule is CCCC(CN)N1CCN(CCOc2ccccc2)CC1. The first-order valence-electron chi connectivity index (χ1n) is 8.17. The molecule has 1 heterocycles. The van der Waals surface area contributed by atoms with Crippen LogP contribution in [0.5, 0.6) is 5.75 Å². The Morgan fingerprint density at radius 3 is 2.48 bits per heavy atom. The molecule has 2 N–H and O–H groups in total. The number of rotatable bonds is 8. The molecule has 21 heavy (non-hydrogen) atoms. The van der Waals surface area contributed by atoms with Crippen molar-refractivity contribution in [3.05, 3.63) is 30.3 Å². The largest absolute Gasteiger partial charge is 0.492 e. The van der Waals surface area contributed by atoms with E-state index in [4.69, 9.17) is 10.5 Å². The Kier molecular flexibility index (Phi) is 7.00. The molecule has 1 aliphatic rings. The molecule has 1 aromatic carbocycles. The van der Waals surface area contributed by atoms with Gasteiger partial charge >= 0.3 is 0 Å². The minimum absolute atomic E-state index is 0.567. The van der Waals surface area contributed by atoms with E-state index in [0.717, 1.165) is 51.6 Å². The van der Waals surface area contributed by atoms with E-state index < -0.39 is 0 Å². The van der Waals surface area contributed by atoms with E-state index in [1.165, 1.54) is 12.8 Å². The predicted octanol–water partition coefficient (Wildman–Crippen LogP) is 1.81. The highest BCUT2D eigenvalue weighted by molar-refractivity contribution is 5.20. The van der Waals surface area contributed by atoms with Gasteiger partial charge in [0.1, 0.15) is 12.4 Å². The fraction of sp³-hybridized carbons (Fsp3) is 0.647. The third-order valence-electron chi connectivity index (χ3n) is 4.24. The van der Waals surface area contributed by atoms with Gasteiger partial charge in [-0.3, -0.25) is 9.80 Å². The zero-order valence-electron chi connectivity index (χ0n) is 13.2. The molecular weight excluding hydrogens is 262 g/mol. The van der Waals surface area contributed by atoms with Crippen LogP contribution in [0, 0.1) is 0 Å². The summed E-state index contributed by atoms with van der Waals surface area (Å²) in [6.07, 6.45) is 2.43. The summed E-state index contributed by atoms with van der Waals surface area (Å²) in [5, 5.41) is 0. The molecule has 1 atom stereocenters. The zero-order chi connectivity index (χ0) is 14.9. The Morgan fingerprint density at radius 1 is 1.14 bits per heavy atom. The molecule has 1 fully saturated rings. The van der Waals surface area contributed by atoms with Crippen LogP contribution in [-0.4, -0.2) is 61.7 Å². The van der Waals surface area contributed by atoms with E-state index in [2.05, 4.69) is 16.7 Å². The maximum atomic E-state index is 5.89. The maximum absolute atomic E-state index is 5.89. The Labute approximate surface area is 128 Å². The van der Waals surface area contributed by atoms with Gasteiger partial charge in [0.05, 0.1) is 0 Å². The molecule has 118 valence electrons. The summed E-state index contributed by atoms with van der Waals surface area (Å²) in [7, 11) is 0. The summed E-state index contributed by atoms with van der Waals surface area (Å²) < 4.78 is 5.77. The molecule has 0 amide bonds. The molecule has 0 spiro atoms. The van der Waals surface area contributed by atoms with Gasteiger partial charge in [-0.1, -0.05) is 31.5 Å². The summed E-state index contributed by atoms with van der Waals surface area (Å²) in [4.78, 5) is 5.04. The van der Waals surface area contributed by atoms with Gasteiger partial charge in [-0.2, -0.15) is 0 Å². The summed E-state index contributed by atoms with van der Waals surface area (Å²) in [6.45, 7) is 9.30. The molecule has 0 aliphatic carbocycles. The predicted molar refractivity (Wildman–Crippen MR) is 87.7 cm³/mol. The molecule has 0 radical (unpaired) electrons. The van der Waals surface area contributed by atoms with Crippen molar-refractivity contribution in [3.8, 4) is 5.75 Å². The fourth-order valence-electron chi connectivity index (χ4n) is 2.94. The average molecular weight is 291 g/mol. The van der Waals surface area contributed by atoms with Crippen LogP contribution in [0.4, 0.5) is 0 Å². The van der Waals surface area contributed by atoms with E-state index in [1.54, 1.807) is 0 Å². The quantitative estimate of drug-likeness (QED) is 0.793. The lowest BCUT2D eigenvalue weighted by Gasteiger charge is -2.38. The number of nitrogens with two attached hydrogens (primary N) is 1. The number of para-hydroxylation sites is 1. The second-order valence-electron chi connectivity index (χ2n) is 5.72. The van der Waals surface area contributed by atoms with Crippen molar-refractivity contribution in [2.24, 2.45) is 5.73 Å². The van der Waals surface area contributed by atoms with Gasteiger partial charge in [-0.05, 0) is 18.6 Å². The number of benzene rings is 1. The topological polar surface area (TPSA) is 41.7 Å². The summed E-state index contributed by atoms with van der Waals surface area (Å²) in [5.41, 5.74) is 5.89. The Balaban J connectivity index is 1.65. The second kappa shape index (κ2) is 9.03. The first-order valence-corrected chi connectivity index (χ1v) is 8.17. The van der Waals surface area contributed by atoms with Gasteiger partial charge in [-0.15, -0.1) is 0 Å². The minimum atomic E-state index is 0.567. The van der Waals surface area contributed by atoms with Crippen LogP contribution in [0.25, 0.3) is 0 Å². The molecule has 1 saturated heterocycles.